The first-order valence-corrected chi connectivity index (χ1v) is 10.9. The lowest BCUT2D eigenvalue weighted by Crippen LogP contribution is -2.53. The molecule has 1 aromatic rings. The van der Waals surface area contributed by atoms with Crippen LogP contribution in [0.1, 0.15) is 38.3 Å². The van der Waals surface area contributed by atoms with Crippen LogP contribution in [0.4, 0.5) is 0 Å². The first-order chi connectivity index (χ1) is 14.3. The Hall–Kier alpha value is -1.74. The smallest absolute Gasteiger partial charge is 0.307 e. The number of benzene rings is 1. The largest absolute Gasteiger partial charge is 0.454 e. The molecule has 0 aromatic heterocycles. The fourth-order valence-corrected chi connectivity index (χ4v) is 6.40. The highest BCUT2D eigenvalue weighted by Crippen LogP contribution is 2.60. The van der Waals surface area contributed by atoms with E-state index in [1.165, 1.54) is 6.92 Å². The lowest BCUT2D eigenvalue weighted by atomic mass is 9.81. The summed E-state index contributed by atoms with van der Waals surface area (Å²) in [6.07, 6.45) is 0.930. The van der Waals surface area contributed by atoms with Gasteiger partial charge in [0.15, 0.2) is 17.3 Å². The van der Waals surface area contributed by atoms with Crippen LogP contribution in [-0.4, -0.2) is 59.5 Å². The van der Waals surface area contributed by atoms with Gasteiger partial charge in [0.05, 0.1) is 5.54 Å². The Balaban J connectivity index is 1.63. The molecule has 0 bridgehead atoms. The van der Waals surface area contributed by atoms with Crippen LogP contribution in [0.25, 0.3) is 5.57 Å². The molecule has 2 saturated heterocycles. The molecule has 160 valence electrons. The molecule has 1 aliphatic carbocycles. The molecular weight excluding hydrogens is 406 g/mol. The minimum absolute atomic E-state index is 0.195. The number of carbonyl (C=O) groups is 1. The van der Waals surface area contributed by atoms with Gasteiger partial charge in [-0.2, -0.15) is 12.6 Å². The molecule has 0 N–H and O–H groups in total. The van der Waals surface area contributed by atoms with E-state index in [1.54, 1.807) is 0 Å². The zero-order valence-electron chi connectivity index (χ0n) is 17.3. The summed E-state index contributed by atoms with van der Waals surface area (Å²) in [6.45, 7) is 7.16. The van der Waals surface area contributed by atoms with Gasteiger partial charge in [0, 0.05) is 30.8 Å². The summed E-state index contributed by atoms with van der Waals surface area (Å²) in [6, 6.07) is 4.09. The van der Waals surface area contributed by atoms with Crippen LogP contribution < -0.4 is 9.47 Å². The van der Waals surface area contributed by atoms with Crippen LogP contribution in [-0.2, 0) is 25.4 Å². The maximum atomic E-state index is 12.1. The van der Waals surface area contributed by atoms with Gasteiger partial charge in [-0.25, -0.2) is 0 Å². The molecule has 8 heteroatoms. The normalized spacial score (nSPS) is 35.5. The summed E-state index contributed by atoms with van der Waals surface area (Å²) in [4.78, 5) is 14.6. The van der Waals surface area contributed by atoms with Crippen molar-refractivity contribution in [1.82, 2.24) is 4.90 Å². The van der Waals surface area contributed by atoms with Gasteiger partial charge in [-0.05, 0) is 49.9 Å². The quantitative estimate of drug-likeness (QED) is 0.541. The van der Waals surface area contributed by atoms with Crippen molar-refractivity contribution in [3.8, 4) is 11.5 Å². The number of hydrogen-bond donors (Lipinski definition) is 1. The van der Waals surface area contributed by atoms with Gasteiger partial charge in [-0.15, -0.1) is 0 Å². The maximum absolute atomic E-state index is 12.1. The summed E-state index contributed by atoms with van der Waals surface area (Å²) in [7, 11) is 0. The molecule has 0 radical (unpaired) electrons. The van der Waals surface area contributed by atoms with E-state index >= 15 is 0 Å². The lowest BCUT2D eigenvalue weighted by molar-refractivity contribution is -0.159. The van der Waals surface area contributed by atoms with Crippen molar-refractivity contribution in [2.75, 3.05) is 19.9 Å². The topological polar surface area (TPSA) is 66.5 Å². The van der Waals surface area contributed by atoms with Crippen LogP contribution in [0.5, 0.6) is 11.5 Å². The Morgan fingerprint density at radius 3 is 2.77 bits per heavy atom. The van der Waals surface area contributed by atoms with Gasteiger partial charge in [0.25, 0.3) is 0 Å². The predicted molar refractivity (Wildman–Crippen MR) is 110 cm³/mol. The summed E-state index contributed by atoms with van der Waals surface area (Å²) >= 11 is 4.85. The minimum Gasteiger partial charge on any atom is -0.454 e. The third-order valence-electron chi connectivity index (χ3n) is 6.82. The second-order valence-corrected chi connectivity index (χ2v) is 9.88. The van der Waals surface area contributed by atoms with E-state index in [0.717, 1.165) is 48.4 Å². The highest BCUT2D eigenvalue weighted by Gasteiger charge is 2.67. The zero-order valence-corrected chi connectivity index (χ0v) is 18.2. The van der Waals surface area contributed by atoms with E-state index in [2.05, 4.69) is 11.0 Å². The molecule has 1 spiro atoms. The van der Waals surface area contributed by atoms with Crippen LogP contribution in [0, 0.1) is 0 Å². The fraction of sp³-hybridized carbons (Fsp3) is 0.591. The molecule has 0 saturated carbocycles. The molecule has 0 amide bonds. The van der Waals surface area contributed by atoms with Crippen LogP contribution >= 0.6 is 12.6 Å². The second kappa shape index (κ2) is 6.16. The van der Waals surface area contributed by atoms with E-state index in [9.17, 15) is 4.79 Å². The number of ether oxygens (including phenoxy) is 5. The summed E-state index contributed by atoms with van der Waals surface area (Å²) < 4.78 is 30.0. The molecule has 30 heavy (non-hydrogen) atoms. The van der Waals surface area contributed by atoms with E-state index in [4.69, 9.17) is 36.3 Å². The number of esters is 1. The number of hydrogen-bond acceptors (Lipinski definition) is 8. The molecule has 6 rings (SSSR count). The Morgan fingerprint density at radius 1 is 1.23 bits per heavy atom. The average molecular weight is 432 g/mol. The van der Waals surface area contributed by atoms with Crippen molar-refractivity contribution in [3.05, 3.63) is 29.0 Å². The first-order valence-electron chi connectivity index (χ1n) is 10.4. The Kier molecular flexibility index (Phi) is 3.90. The zero-order chi connectivity index (χ0) is 20.8. The molecule has 0 unspecified atom stereocenters. The minimum atomic E-state index is -0.759. The van der Waals surface area contributed by atoms with E-state index in [1.807, 2.05) is 19.9 Å². The van der Waals surface area contributed by atoms with Crippen LogP contribution in [0.3, 0.4) is 0 Å². The molecule has 2 fully saturated rings. The number of nitrogens with zero attached hydrogens (tertiary/aromatic N) is 1. The number of carbonyl (C=O) groups excluding carboxylic acids is 1. The lowest BCUT2D eigenvalue weighted by Gasteiger charge is -2.40. The van der Waals surface area contributed by atoms with Crippen molar-refractivity contribution in [2.45, 2.75) is 62.4 Å². The third-order valence-corrected chi connectivity index (χ3v) is 7.17. The molecule has 5 aliphatic rings. The van der Waals surface area contributed by atoms with Crippen molar-refractivity contribution in [3.63, 3.8) is 0 Å². The first kappa shape index (κ1) is 19.0. The summed E-state index contributed by atoms with van der Waals surface area (Å²) in [5, 5.41) is 0.195. The van der Waals surface area contributed by atoms with Gasteiger partial charge in [0.1, 0.15) is 18.0 Å². The second-order valence-electron chi connectivity index (χ2n) is 9.15. The summed E-state index contributed by atoms with van der Waals surface area (Å²) in [5.41, 5.74) is 2.70. The Labute approximate surface area is 180 Å². The Bertz CT molecular complexity index is 990. The maximum Gasteiger partial charge on any atom is 0.307 e. The van der Waals surface area contributed by atoms with Crippen LogP contribution in [0.15, 0.2) is 17.9 Å². The van der Waals surface area contributed by atoms with Gasteiger partial charge in [-0.1, -0.05) is 0 Å². The molecule has 7 nitrogen and oxygen atoms in total. The fourth-order valence-electron chi connectivity index (χ4n) is 5.93. The van der Waals surface area contributed by atoms with Crippen molar-refractivity contribution >= 4 is 24.2 Å². The monoisotopic (exact) mass is 431 g/mol. The van der Waals surface area contributed by atoms with Crippen LogP contribution in [0.2, 0.25) is 0 Å². The van der Waals surface area contributed by atoms with Crippen molar-refractivity contribution in [1.29, 1.82) is 0 Å². The van der Waals surface area contributed by atoms with E-state index in [0.29, 0.717) is 11.5 Å². The van der Waals surface area contributed by atoms with Crippen molar-refractivity contribution in [2.24, 2.45) is 0 Å². The van der Waals surface area contributed by atoms with Gasteiger partial charge < -0.3 is 23.7 Å². The van der Waals surface area contributed by atoms with E-state index < -0.39 is 17.4 Å². The Morgan fingerprint density at radius 2 is 2.00 bits per heavy atom. The predicted octanol–water partition coefficient (Wildman–Crippen LogP) is 2.52. The van der Waals surface area contributed by atoms with Gasteiger partial charge in [0.2, 0.25) is 6.79 Å². The SMILES string of the molecule is CC(=O)OC1=C2c3cc4c(cc3CCN3C[C@H](S)C[C@]23[C@@H]2OC(C)(C)O[C@H]12)OCO4. The highest BCUT2D eigenvalue weighted by molar-refractivity contribution is 7.81. The highest BCUT2D eigenvalue weighted by atomic mass is 32.1. The molecular formula is C22H25NO6S. The standard InChI is InChI=1S/C22H25NO6S/c1-11(24)27-18-17-14-7-16-15(25-10-26-16)6-12(14)4-5-23-9-13(30)8-22(17,23)20-19(18)28-21(2,3)29-20/h6-7,13,19-20,30H,4-5,8-10H2,1-3H3/t13-,19-,20-,22-/m1/s1. The third kappa shape index (κ3) is 2.48. The molecule has 4 aliphatic heterocycles. The molecule has 4 atom stereocenters. The molecule has 4 heterocycles. The number of thiol groups is 1. The number of rotatable bonds is 1. The molecule has 1 aromatic carbocycles. The van der Waals surface area contributed by atoms with Gasteiger partial charge in [-0.3, -0.25) is 9.69 Å². The number of fused-ring (bicyclic) bond motifs is 4. The van der Waals surface area contributed by atoms with Crippen molar-refractivity contribution < 1.29 is 28.5 Å². The summed E-state index contributed by atoms with van der Waals surface area (Å²) in [5.74, 6) is 0.920. The van der Waals surface area contributed by atoms with E-state index in [-0.39, 0.29) is 24.1 Å². The van der Waals surface area contributed by atoms with Gasteiger partial charge >= 0.3 is 5.97 Å². The average Bonchev–Trinajstić information content (AvgIpc) is 3.35.